The van der Waals surface area contributed by atoms with Crippen molar-refractivity contribution in [1.29, 1.82) is 0 Å². The van der Waals surface area contributed by atoms with Gasteiger partial charge >= 0.3 is 0 Å². The van der Waals surface area contributed by atoms with E-state index < -0.39 is 0 Å². The van der Waals surface area contributed by atoms with Gasteiger partial charge in [0, 0.05) is 34.5 Å². The van der Waals surface area contributed by atoms with Gasteiger partial charge in [-0.2, -0.15) is 0 Å². The van der Waals surface area contributed by atoms with E-state index >= 15 is 0 Å². The van der Waals surface area contributed by atoms with Crippen molar-refractivity contribution in [2.75, 3.05) is 0 Å². The first kappa shape index (κ1) is 10.3. The van der Waals surface area contributed by atoms with Crippen LogP contribution in [0, 0.1) is 0 Å². The van der Waals surface area contributed by atoms with Crippen molar-refractivity contribution >= 4 is 22.5 Å². The summed E-state index contributed by atoms with van der Waals surface area (Å²) in [4.78, 5) is 8.44. The third kappa shape index (κ3) is 2.01. The van der Waals surface area contributed by atoms with Crippen molar-refractivity contribution in [1.82, 2.24) is 14.5 Å². The van der Waals surface area contributed by atoms with Gasteiger partial charge in [-0.25, -0.2) is 9.97 Å². The number of fused-ring (bicyclic) bond motifs is 1. The molecule has 0 fully saturated rings. The SMILES string of the molecule is Clc1ccc2c(ccn2Cc2ncccn2)c1. The topological polar surface area (TPSA) is 30.7 Å². The molecule has 2 heterocycles. The summed E-state index contributed by atoms with van der Waals surface area (Å²) in [5.74, 6) is 0.806. The van der Waals surface area contributed by atoms with E-state index in [0.717, 1.165) is 21.7 Å². The fraction of sp³-hybridized carbons (Fsp3) is 0.0769. The normalized spacial score (nSPS) is 10.9. The van der Waals surface area contributed by atoms with Crippen LogP contribution in [0.5, 0.6) is 0 Å². The second kappa shape index (κ2) is 4.18. The lowest BCUT2D eigenvalue weighted by Crippen LogP contribution is -2.01. The zero-order valence-electron chi connectivity index (χ0n) is 9.05. The smallest absolute Gasteiger partial charge is 0.147 e. The van der Waals surface area contributed by atoms with Crippen LogP contribution in [0.1, 0.15) is 5.82 Å². The summed E-state index contributed by atoms with van der Waals surface area (Å²) >= 11 is 5.95. The van der Waals surface area contributed by atoms with Crippen LogP contribution in [0.15, 0.2) is 48.9 Å². The molecule has 0 aliphatic heterocycles. The van der Waals surface area contributed by atoms with Crippen molar-refractivity contribution in [2.24, 2.45) is 0 Å². The summed E-state index contributed by atoms with van der Waals surface area (Å²) in [5, 5.41) is 1.89. The monoisotopic (exact) mass is 243 g/mol. The molecule has 4 heteroatoms. The second-order valence-electron chi connectivity index (χ2n) is 3.81. The fourth-order valence-electron chi connectivity index (χ4n) is 1.87. The zero-order chi connectivity index (χ0) is 11.7. The Morgan fingerprint density at radius 1 is 1.12 bits per heavy atom. The third-order valence-electron chi connectivity index (χ3n) is 2.66. The maximum Gasteiger partial charge on any atom is 0.147 e. The lowest BCUT2D eigenvalue weighted by atomic mass is 10.2. The molecule has 0 saturated heterocycles. The van der Waals surface area contributed by atoms with Gasteiger partial charge in [0.25, 0.3) is 0 Å². The number of benzene rings is 1. The van der Waals surface area contributed by atoms with Gasteiger partial charge in [-0.1, -0.05) is 11.6 Å². The second-order valence-corrected chi connectivity index (χ2v) is 4.25. The van der Waals surface area contributed by atoms with Gasteiger partial charge in [-0.05, 0) is 30.3 Å². The highest BCUT2D eigenvalue weighted by Crippen LogP contribution is 2.20. The molecule has 0 N–H and O–H groups in total. The van der Waals surface area contributed by atoms with Crippen LogP contribution in [0.2, 0.25) is 5.02 Å². The van der Waals surface area contributed by atoms with Gasteiger partial charge in [0.05, 0.1) is 6.54 Å². The van der Waals surface area contributed by atoms with Gasteiger partial charge < -0.3 is 4.57 Å². The lowest BCUT2D eigenvalue weighted by molar-refractivity contribution is 0.771. The first-order valence-corrected chi connectivity index (χ1v) is 5.71. The Hall–Kier alpha value is -1.87. The molecule has 0 atom stereocenters. The molecule has 84 valence electrons. The molecule has 0 unspecified atom stereocenters. The van der Waals surface area contributed by atoms with Crippen molar-refractivity contribution < 1.29 is 0 Å². The molecule has 0 aliphatic rings. The van der Waals surface area contributed by atoms with Crippen molar-refractivity contribution in [3.8, 4) is 0 Å². The standard InChI is InChI=1S/C13H10ClN3/c14-11-2-3-12-10(8-11)4-7-17(12)9-13-15-5-1-6-16-13/h1-8H,9H2. The van der Waals surface area contributed by atoms with Crippen LogP contribution >= 0.6 is 11.6 Å². The number of hydrogen-bond acceptors (Lipinski definition) is 2. The molecule has 17 heavy (non-hydrogen) atoms. The highest BCUT2D eigenvalue weighted by Gasteiger charge is 2.03. The summed E-state index contributed by atoms with van der Waals surface area (Å²) in [6, 6.07) is 9.73. The molecule has 0 bridgehead atoms. The largest absolute Gasteiger partial charge is 0.340 e. The minimum Gasteiger partial charge on any atom is -0.340 e. The summed E-state index contributed by atoms with van der Waals surface area (Å²) in [6.45, 7) is 0.673. The minimum absolute atomic E-state index is 0.673. The summed E-state index contributed by atoms with van der Waals surface area (Å²) in [5.41, 5.74) is 1.14. The maximum atomic E-state index is 5.95. The number of hydrogen-bond donors (Lipinski definition) is 0. The van der Waals surface area contributed by atoms with Gasteiger partial charge in [-0.3, -0.25) is 0 Å². The molecule has 0 radical (unpaired) electrons. The molecule has 3 aromatic rings. The number of rotatable bonds is 2. The van der Waals surface area contributed by atoms with Crippen LogP contribution in [-0.4, -0.2) is 14.5 Å². The van der Waals surface area contributed by atoms with Crippen molar-refractivity contribution in [3.63, 3.8) is 0 Å². The van der Waals surface area contributed by atoms with Crippen molar-refractivity contribution in [3.05, 3.63) is 59.8 Å². The van der Waals surface area contributed by atoms with E-state index in [0.29, 0.717) is 6.54 Å². The Morgan fingerprint density at radius 2 is 1.94 bits per heavy atom. The van der Waals surface area contributed by atoms with Crippen LogP contribution in [0.4, 0.5) is 0 Å². The van der Waals surface area contributed by atoms with Crippen LogP contribution in [0.25, 0.3) is 10.9 Å². The van der Waals surface area contributed by atoms with E-state index in [1.165, 1.54) is 0 Å². The fourth-order valence-corrected chi connectivity index (χ4v) is 2.05. The Bertz CT molecular complexity index is 646. The van der Waals surface area contributed by atoms with E-state index in [2.05, 4.69) is 14.5 Å². The molecule has 0 spiro atoms. The van der Waals surface area contributed by atoms with Gasteiger partial charge in [0.1, 0.15) is 5.82 Å². The number of aromatic nitrogens is 3. The maximum absolute atomic E-state index is 5.95. The molecule has 3 nitrogen and oxygen atoms in total. The van der Waals surface area contributed by atoms with E-state index in [1.807, 2.05) is 36.5 Å². The highest BCUT2D eigenvalue weighted by molar-refractivity contribution is 6.31. The molecule has 0 saturated carbocycles. The van der Waals surface area contributed by atoms with E-state index in [9.17, 15) is 0 Å². The van der Waals surface area contributed by atoms with Crippen LogP contribution < -0.4 is 0 Å². The number of nitrogens with zero attached hydrogens (tertiary/aromatic N) is 3. The molecular formula is C13H10ClN3. The molecule has 1 aromatic carbocycles. The van der Waals surface area contributed by atoms with Gasteiger partial charge in [0.15, 0.2) is 0 Å². The Labute approximate surface area is 104 Å². The number of halogens is 1. The minimum atomic E-state index is 0.673. The zero-order valence-corrected chi connectivity index (χ0v) is 9.80. The quantitative estimate of drug-likeness (QED) is 0.692. The predicted molar refractivity (Wildman–Crippen MR) is 68.1 cm³/mol. The Kier molecular flexibility index (Phi) is 2.53. The van der Waals surface area contributed by atoms with Crippen LogP contribution in [-0.2, 0) is 6.54 Å². The molecule has 2 aromatic heterocycles. The first-order valence-electron chi connectivity index (χ1n) is 5.33. The first-order chi connectivity index (χ1) is 8.33. The van der Waals surface area contributed by atoms with Crippen LogP contribution in [0.3, 0.4) is 0 Å². The van der Waals surface area contributed by atoms with Gasteiger partial charge in [0.2, 0.25) is 0 Å². The van der Waals surface area contributed by atoms with E-state index in [1.54, 1.807) is 12.4 Å². The Morgan fingerprint density at radius 3 is 2.76 bits per heavy atom. The summed E-state index contributed by atoms with van der Waals surface area (Å²) < 4.78 is 2.11. The molecular weight excluding hydrogens is 234 g/mol. The average Bonchev–Trinajstić information content (AvgIpc) is 2.73. The average molecular weight is 244 g/mol. The third-order valence-corrected chi connectivity index (χ3v) is 2.90. The van der Waals surface area contributed by atoms with Crippen molar-refractivity contribution in [2.45, 2.75) is 6.54 Å². The highest BCUT2D eigenvalue weighted by atomic mass is 35.5. The summed E-state index contributed by atoms with van der Waals surface area (Å²) in [6.07, 6.45) is 5.53. The molecule has 0 amide bonds. The molecule has 3 rings (SSSR count). The predicted octanol–water partition coefficient (Wildman–Crippen LogP) is 3.13. The molecule has 0 aliphatic carbocycles. The Balaban J connectivity index is 2.01. The van der Waals surface area contributed by atoms with E-state index in [4.69, 9.17) is 11.6 Å². The lowest BCUT2D eigenvalue weighted by Gasteiger charge is -2.03. The van der Waals surface area contributed by atoms with Gasteiger partial charge in [-0.15, -0.1) is 0 Å². The summed E-state index contributed by atoms with van der Waals surface area (Å²) in [7, 11) is 0. The van der Waals surface area contributed by atoms with E-state index in [-0.39, 0.29) is 0 Å².